The first-order chi connectivity index (χ1) is 8.34. The van der Waals surface area contributed by atoms with Crippen molar-refractivity contribution in [3.63, 3.8) is 0 Å². The molecule has 0 radical (unpaired) electrons. The van der Waals surface area contributed by atoms with Gasteiger partial charge in [-0.15, -0.1) is 0 Å². The van der Waals surface area contributed by atoms with E-state index in [-0.39, 0.29) is 0 Å². The summed E-state index contributed by atoms with van der Waals surface area (Å²) < 4.78 is 0. The fourth-order valence-electron chi connectivity index (χ4n) is 4.34. The largest absolute Gasteiger partial charge is 0.300 e. The van der Waals surface area contributed by atoms with E-state index in [2.05, 4.69) is 4.90 Å². The predicted molar refractivity (Wildman–Crippen MR) is 68.9 cm³/mol. The van der Waals surface area contributed by atoms with Gasteiger partial charge in [0, 0.05) is 31.5 Å². The zero-order valence-electron chi connectivity index (χ0n) is 10.9. The van der Waals surface area contributed by atoms with Crippen LogP contribution in [0.5, 0.6) is 0 Å². The van der Waals surface area contributed by atoms with Crippen molar-refractivity contribution in [2.75, 3.05) is 6.54 Å². The van der Waals surface area contributed by atoms with Crippen molar-refractivity contribution in [2.24, 2.45) is 5.92 Å². The highest BCUT2D eigenvalue weighted by Gasteiger charge is 2.38. The molecule has 0 amide bonds. The molecule has 0 aromatic carbocycles. The quantitative estimate of drug-likeness (QED) is 0.733. The minimum atomic E-state index is 0.524. The van der Waals surface area contributed by atoms with Gasteiger partial charge in [-0.3, -0.25) is 9.69 Å². The van der Waals surface area contributed by atoms with Gasteiger partial charge in [0.2, 0.25) is 0 Å². The van der Waals surface area contributed by atoms with Crippen LogP contribution < -0.4 is 0 Å². The number of carbonyl (C=O) groups is 1. The highest BCUT2D eigenvalue weighted by atomic mass is 16.1. The van der Waals surface area contributed by atoms with Crippen molar-refractivity contribution in [3.8, 4) is 0 Å². The number of hydrogen-bond acceptors (Lipinski definition) is 2. The Hall–Kier alpha value is -0.370. The van der Waals surface area contributed by atoms with Gasteiger partial charge in [-0.05, 0) is 31.6 Å². The molecule has 1 atom stereocenters. The molecule has 3 aliphatic rings. The summed E-state index contributed by atoms with van der Waals surface area (Å²) in [6, 6.07) is 1.43. The minimum absolute atomic E-state index is 0.524. The molecule has 1 aliphatic heterocycles. The standard InChI is InChI=1S/C15H25NO/c17-14-9-10-16(13-7-3-4-8-13)15(11-14)12-5-1-2-6-12/h12-13,15H,1-11H2. The van der Waals surface area contributed by atoms with Crippen LogP contribution in [0.4, 0.5) is 0 Å². The molecular formula is C15H25NO. The summed E-state index contributed by atoms with van der Waals surface area (Å²) in [5.41, 5.74) is 0. The Morgan fingerprint density at radius 2 is 1.59 bits per heavy atom. The SMILES string of the molecule is O=C1CCN(C2CCCC2)C(C2CCCC2)C1. The van der Waals surface area contributed by atoms with E-state index in [4.69, 9.17) is 0 Å². The van der Waals surface area contributed by atoms with E-state index in [1.54, 1.807) is 0 Å². The third kappa shape index (κ3) is 2.42. The maximum absolute atomic E-state index is 11.8. The van der Waals surface area contributed by atoms with Gasteiger partial charge in [0.1, 0.15) is 5.78 Å². The van der Waals surface area contributed by atoms with Gasteiger partial charge < -0.3 is 0 Å². The van der Waals surface area contributed by atoms with Gasteiger partial charge in [0.25, 0.3) is 0 Å². The van der Waals surface area contributed by atoms with Crippen LogP contribution in [0.15, 0.2) is 0 Å². The number of hydrogen-bond donors (Lipinski definition) is 0. The lowest BCUT2D eigenvalue weighted by Gasteiger charge is -2.42. The van der Waals surface area contributed by atoms with Crippen molar-refractivity contribution in [1.82, 2.24) is 4.90 Å². The van der Waals surface area contributed by atoms with E-state index in [1.165, 1.54) is 51.4 Å². The highest BCUT2D eigenvalue weighted by molar-refractivity contribution is 5.80. The molecule has 2 nitrogen and oxygen atoms in total. The lowest BCUT2D eigenvalue weighted by atomic mass is 9.87. The minimum Gasteiger partial charge on any atom is -0.300 e. The Bertz CT molecular complexity index is 277. The zero-order valence-corrected chi connectivity index (χ0v) is 10.9. The van der Waals surface area contributed by atoms with Crippen LogP contribution in [0.1, 0.15) is 64.2 Å². The van der Waals surface area contributed by atoms with E-state index in [0.29, 0.717) is 11.8 Å². The predicted octanol–water partition coefficient (Wildman–Crippen LogP) is 3.15. The van der Waals surface area contributed by atoms with Crippen molar-refractivity contribution in [3.05, 3.63) is 0 Å². The Kier molecular flexibility index (Phi) is 3.51. The van der Waals surface area contributed by atoms with Crippen LogP contribution in [0.25, 0.3) is 0 Å². The average molecular weight is 235 g/mol. The molecule has 1 heterocycles. The first-order valence-corrected chi connectivity index (χ1v) is 7.62. The Morgan fingerprint density at radius 1 is 0.941 bits per heavy atom. The van der Waals surface area contributed by atoms with Crippen molar-refractivity contribution in [2.45, 2.75) is 76.3 Å². The Morgan fingerprint density at radius 3 is 2.29 bits per heavy atom. The van der Waals surface area contributed by atoms with Crippen LogP contribution in [-0.4, -0.2) is 29.3 Å². The van der Waals surface area contributed by atoms with E-state index < -0.39 is 0 Å². The first-order valence-electron chi connectivity index (χ1n) is 7.62. The van der Waals surface area contributed by atoms with Gasteiger partial charge in [-0.1, -0.05) is 25.7 Å². The molecule has 0 aromatic rings. The number of piperidine rings is 1. The zero-order chi connectivity index (χ0) is 11.7. The number of ketones is 1. The normalized spacial score (nSPS) is 33.6. The summed E-state index contributed by atoms with van der Waals surface area (Å²) in [5.74, 6) is 1.36. The van der Waals surface area contributed by atoms with E-state index >= 15 is 0 Å². The molecule has 1 saturated heterocycles. The molecule has 2 heteroatoms. The molecule has 3 fully saturated rings. The number of likely N-dealkylation sites (tertiary alicyclic amines) is 1. The summed E-state index contributed by atoms with van der Waals surface area (Å²) in [4.78, 5) is 14.5. The van der Waals surface area contributed by atoms with Gasteiger partial charge in [0.05, 0.1) is 0 Å². The maximum Gasteiger partial charge on any atom is 0.135 e. The molecule has 2 aliphatic carbocycles. The van der Waals surface area contributed by atoms with Gasteiger partial charge in [0.15, 0.2) is 0 Å². The van der Waals surface area contributed by atoms with Crippen molar-refractivity contribution >= 4 is 5.78 Å². The number of Topliss-reactive ketones (excluding diaryl/α,β-unsaturated/α-hetero) is 1. The summed E-state index contributed by atoms with van der Waals surface area (Å²) in [6.45, 7) is 1.06. The summed E-state index contributed by atoms with van der Waals surface area (Å²) in [7, 11) is 0. The van der Waals surface area contributed by atoms with Crippen LogP contribution in [0, 0.1) is 5.92 Å². The number of carbonyl (C=O) groups excluding carboxylic acids is 1. The molecule has 3 rings (SSSR count). The topological polar surface area (TPSA) is 20.3 Å². The van der Waals surface area contributed by atoms with Gasteiger partial charge in [-0.2, -0.15) is 0 Å². The molecule has 0 spiro atoms. The molecule has 1 unspecified atom stereocenters. The number of nitrogens with zero attached hydrogens (tertiary/aromatic N) is 1. The smallest absolute Gasteiger partial charge is 0.135 e. The molecule has 0 bridgehead atoms. The first kappa shape index (κ1) is 11.7. The van der Waals surface area contributed by atoms with Gasteiger partial charge in [-0.25, -0.2) is 0 Å². The molecule has 96 valence electrons. The molecule has 2 saturated carbocycles. The third-order valence-corrected chi connectivity index (χ3v) is 5.25. The summed E-state index contributed by atoms with van der Waals surface area (Å²) in [6.07, 6.45) is 12.8. The Labute approximate surface area is 105 Å². The van der Waals surface area contributed by atoms with Crippen LogP contribution in [-0.2, 0) is 4.79 Å². The lowest BCUT2D eigenvalue weighted by Crippen LogP contribution is -2.50. The molecule has 17 heavy (non-hydrogen) atoms. The van der Waals surface area contributed by atoms with E-state index in [9.17, 15) is 4.79 Å². The monoisotopic (exact) mass is 235 g/mol. The third-order valence-electron chi connectivity index (χ3n) is 5.25. The highest BCUT2D eigenvalue weighted by Crippen LogP contribution is 2.37. The fraction of sp³-hybridized carbons (Fsp3) is 0.933. The molecular weight excluding hydrogens is 210 g/mol. The average Bonchev–Trinajstić information content (AvgIpc) is 3.02. The molecule has 0 aromatic heterocycles. The lowest BCUT2D eigenvalue weighted by molar-refractivity contribution is -0.125. The van der Waals surface area contributed by atoms with E-state index in [1.807, 2.05) is 0 Å². The van der Waals surface area contributed by atoms with E-state index in [0.717, 1.165) is 31.3 Å². The second-order valence-corrected chi connectivity index (χ2v) is 6.28. The Balaban J connectivity index is 1.71. The van der Waals surface area contributed by atoms with Crippen molar-refractivity contribution < 1.29 is 4.79 Å². The second-order valence-electron chi connectivity index (χ2n) is 6.28. The van der Waals surface area contributed by atoms with Crippen LogP contribution in [0.3, 0.4) is 0 Å². The van der Waals surface area contributed by atoms with Crippen molar-refractivity contribution in [1.29, 1.82) is 0 Å². The fourth-order valence-corrected chi connectivity index (χ4v) is 4.34. The van der Waals surface area contributed by atoms with Crippen LogP contribution in [0.2, 0.25) is 0 Å². The molecule has 0 N–H and O–H groups in total. The number of rotatable bonds is 2. The maximum atomic E-state index is 11.8. The van der Waals surface area contributed by atoms with Gasteiger partial charge >= 0.3 is 0 Å². The second kappa shape index (κ2) is 5.09. The summed E-state index contributed by atoms with van der Waals surface area (Å²) in [5, 5.41) is 0. The van der Waals surface area contributed by atoms with Crippen LogP contribution >= 0.6 is 0 Å². The summed E-state index contributed by atoms with van der Waals surface area (Å²) >= 11 is 0.